The predicted molar refractivity (Wildman–Crippen MR) is 127 cm³/mol. The zero-order valence-corrected chi connectivity index (χ0v) is 16.8. The maximum absolute atomic E-state index is 2.43. The molecule has 0 amide bonds. The van der Waals surface area contributed by atoms with Crippen LogP contribution in [-0.4, -0.2) is 0 Å². The quantitative estimate of drug-likeness (QED) is 0.292. The van der Waals surface area contributed by atoms with Gasteiger partial charge in [0.15, 0.2) is 0 Å². The first-order valence-electron chi connectivity index (χ1n) is 10.6. The van der Waals surface area contributed by atoms with Crippen LogP contribution in [0.2, 0.25) is 0 Å². The molecule has 0 aliphatic heterocycles. The van der Waals surface area contributed by atoms with Gasteiger partial charge in [-0.1, -0.05) is 109 Å². The summed E-state index contributed by atoms with van der Waals surface area (Å²) in [5, 5.41) is 0. The van der Waals surface area contributed by atoms with E-state index in [4.69, 9.17) is 0 Å². The van der Waals surface area contributed by atoms with Crippen molar-refractivity contribution in [2.75, 3.05) is 0 Å². The summed E-state index contributed by atoms with van der Waals surface area (Å²) in [5.74, 6) is 0.379. The highest BCUT2D eigenvalue weighted by atomic mass is 14.3. The molecule has 5 aliphatic rings. The van der Waals surface area contributed by atoms with Crippen molar-refractivity contribution in [3.05, 3.63) is 131 Å². The standard InChI is InChI=1S/C30H22/c1-3-9-21-15-16-24(25(21)12-5-1)20-29-27-14-8-7-11-23(27)19-30(29)28-18-17-22-10-4-2-6-13-26(22)28/h1-18,20,30H,19H2/b29-20-. The van der Waals surface area contributed by atoms with Crippen LogP contribution >= 0.6 is 0 Å². The van der Waals surface area contributed by atoms with Crippen LogP contribution in [-0.2, 0) is 6.42 Å². The minimum absolute atomic E-state index is 0.379. The van der Waals surface area contributed by atoms with E-state index in [-0.39, 0.29) is 0 Å². The van der Waals surface area contributed by atoms with Gasteiger partial charge >= 0.3 is 0 Å². The lowest BCUT2D eigenvalue weighted by molar-refractivity contribution is 0.907. The van der Waals surface area contributed by atoms with Gasteiger partial charge in [-0.2, -0.15) is 0 Å². The van der Waals surface area contributed by atoms with E-state index in [1.807, 2.05) is 0 Å². The van der Waals surface area contributed by atoms with Crippen molar-refractivity contribution in [1.82, 2.24) is 0 Å². The summed E-state index contributed by atoms with van der Waals surface area (Å²) in [5.41, 5.74) is 12.3. The summed E-state index contributed by atoms with van der Waals surface area (Å²) in [4.78, 5) is 0. The van der Waals surface area contributed by atoms with Crippen molar-refractivity contribution < 1.29 is 0 Å². The van der Waals surface area contributed by atoms with Crippen LogP contribution in [0, 0.1) is 0 Å². The van der Waals surface area contributed by atoms with Crippen LogP contribution in [0.15, 0.2) is 109 Å². The van der Waals surface area contributed by atoms with E-state index in [0.29, 0.717) is 5.92 Å². The van der Waals surface area contributed by atoms with E-state index in [9.17, 15) is 0 Å². The van der Waals surface area contributed by atoms with Gasteiger partial charge in [0, 0.05) is 5.92 Å². The van der Waals surface area contributed by atoms with E-state index in [2.05, 4.69) is 115 Å². The van der Waals surface area contributed by atoms with Gasteiger partial charge in [-0.3, -0.25) is 0 Å². The first-order chi connectivity index (χ1) is 14.9. The van der Waals surface area contributed by atoms with Gasteiger partial charge < -0.3 is 0 Å². The topological polar surface area (TPSA) is 0 Å². The van der Waals surface area contributed by atoms with Crippen LogP contribution in [0.4, 0.5) is 0 Å². The second-order valence-corrected chi connectivity index (χ2v) is 8.15. The van der Waals surface area contributed by atoms with Crippen LogP contribution in [0.1, 0.15) is 28.2 Å². The molecule has 1 atom stereocenters. The van der Waals surface area contributed by atoms with Gasteiger partial charge in [-0.25, -0.2) is 0 Å². The highest BCUT2D eigenvalue weighted by molar-refractivity contribution is 5.94. The molecule has 142 valence electrons. The number of benzene rings is 1. The molecule has 6 rings (SSSR count). The summed E-state index contributed by atoms with van der Waals surface area (Å²) in [6, 6.07) is 39.7. The fourth-order valence-electron chi connectivity index (χ4n) is 5.03. The molecule has 30 heavy (non-hydrogen) atoms. The van der Waals surface area contributed by atoms with Gasteiger partial charge in [0.25, 0.3) is 0 Å². The Labute approximate surface area is 177 Å². The zero-order valence-electron chi connectivity index (χ0n) is 16.8. The average Bonchev–Trinajstić information content (AvgIpc) is 3.32. The molecule has 0 saturated heterocycles. The molecular formula is C30H22. The molecule has 0 heterocycles. The molecular weight excluding hydrogens is 360 g/mol. The lowest BCUT2D eigenvalue weighted by atomic mass is 9.89. The van der Waals surface area contributed by atoms with E-state index >= 15 is 0 Å². The predicted octanol–water partition coefficient (Wildman–Crippen LogP) is 7.78. The second-order valence-electron chi connectivity index (χ2n) is 8.15. The lowest BCUT2D eigenvalue weighted by Crippen LogP contribution is -1.97. The number of rotatable bonds is 2. The Morgan fingerprint density at radius 3 is 2.03 bits per heavy atom. The van der Waals surface area contributed by atoms with Gasteiger partial charge in [0.1, 0.15) is 0 Å². The summed E-state index contributed by atoms with van der Waals surface area (Å²) >= 11 is 0. The molecule has 1 aromatic carbocycles. The third kappa shape index (κ3) is 2.76. The van der Waals surface area contributed by atoms with Crippen molar-refractivity contribution in [2.24, 2.45) is 0 Å². The molecule has 1 unspecified atom stereocenters. The molecule has 0 radical (unpaired) electrons. The molecule has 0 saturated carbocycles. The van der Waals surface area contributed by atoms with Crippen molar-refractivity contribution in [2.45, 2.75) is 12.3 Å². The molecule has 1 aromatic rings. The highest BCUT2D eigenvalue weighted by Crippen LogP contribution is 2.48. The number of allylic oxidation sites excluding steroid dienone is 1. The number of hydrogen-bond acceptors (Lipinski definition) is 0. The fraction of sp³-hybridized carbons (Fsp3) is 0.0667. The Kier molecular flexibility index (Phi) is 4.02. The highest BCUT2D eigenvalue weighted by Gasteiger charge is 2.30. The van der Waals surface area contributed by atoms with Crippen LogP contribution in [0.25, 0.3) is 33.9 Å². The maximum atomic E-state index is 2.43. The lowest BCUT2D eigenvalue weighted by Gasteiger charge is -2.14. The summed E-state index contributed by atoms with van der Waals surface area (Å²) in [7, 11) is 0. The molecule has 5 aliphatic carbocycles. The molecule has 0 N–H and O–H groups in total. The van der Waals surface area contributed by atoms with Crippen molar-refractivity contribution in [3.8, 4) is 22.3 Å². The Morgan fingerprint density at radius 1 is 0.533 bits per heavy atom. The van der Waals surface area contributed by atoms with Crippen LogP contribution in [0.5, 0.6) is 0 Å². The minimum Gasteiger partial charge on any atom is -0.0622 e. The SMILES string of the molecule is C(=C1\c2ccccc2CC1c1ccc2cccccc1-2)/c1ccc2cccccc1-2. The Bertz CT molecular complexity index is 1320. The van der Waals surface area contributed by atoms with Crippen molar-refractivity contribution >= 4 is 11.6 Å². The third-order valence-corrected chi connectivity index (χ3v) is 6.46. The molecule has 0 heteroatoms. The van der Waals surface area contributed by atoms with E-state index in [1.54, 1.807) is 0 Å². The van der Waals surface area contributed by atoms with Crippen LogP contribution < -0.4 is 0 Å². The van der Waals surface area contributed by atoms with E-state index < -0.39 is 0 Å². The molecule has 0 spiro atoms. The number of hydrogen-bond donors (Lipinski definition) is 0. The fourth-order valence-corrected chi connectivity index (χ4v) is 5.03. The number of fused-ring (bicyclic) bond motifs is 3. The molecule has 0 aromatic heterocycles. The van der Waals surface area contributed by atoms with Crippen LogP contribution in [0.3, 0.4) is 0 Å². The molecule has 0 fully saturated rings. The largest absolute Gasteiger partial charge is 0.0622 e. The third-order valence-electron chi connectivity index (χ3n) is 6.46. The first-order valence-corrected chi connectivity index (χ1v) is 10.6. The molecule has 0 bridgehead atoms. The monoisotopic (exact) mass is 382 g/mol. The maximum Gasteiger partial charge on any atom is 0.0142 e. The normalized spacial score (nSPS) is 16.9. The van der Waals surface area contributed by atoms with Crippen molar-refractivity contribution in [3.63, 3.8) is 0 Å². The van der Waals surface area contributed by atoms with E-state index in [0.717, 1.165) is 6.42 Å². The minimum atomic E-state index is 0.379. The average molecular weight is 383 g/mol. The Hall–Kier alpha value is -3.64. The van der Waals surface area contributed by atoms with Gasteiger partial charge in [-0.05, 0) is 62.6 Å². The zero-order chi connectivity index (χ0) is 19.9. The Morgan fingerprint density at radius 2 is 1.17 bits per heavy atom. The van der Waals surface area contributed by atoms with Gasteiger partial charge in [-0.15, -0.1) is 0 Å². The smallest absolute Gasteiger partial charge is 0.0142 e. The first kappa shape index (κ1) is 17.2. The van der Waals surface area contributed by atoms with Gasteiger partial charge in [0.05, 0.1) is 0 Å². The van der Waals surface area contributed by atoms with E-state index in [1.165, 1.54) is 50.1 Å². The summed E-state index contributed by atoms with van der Waals surface area (Å²) in [6.07, 6.45) is 3.49. The van der Waals surface area contributed by atoms with Crippen molar-refractivity contribution in [1.29, 1.82) is 0 Å². The Balaban J connectivity index is 1.54. The summed E-state index contributed by atoms with van der Waals surface area (Å²) in [6.45, 7) is 0. The van der Waals surface area contributed by atoms with Gasteiger partial charge in [0.2, 0.25) is 0 Å². The summed E-state index contributed by atoms with van der Waals surface area (Å²) < 4.78 is 0. The second kappa shape index (κ2) is 7.00. The molecule has 0 nitrogen and oxygen atoms in total.